The van der Waals surface area contributed by atoms with Crippen molar-refractivity contribution < 1.29 is 9.53 Å². The molecule has 0 saturated heterocycles. The summed E-state index contributed by atoms with van der Waals surface area (Å²) >= 11 is 0. The number of esters is 1. The Labute approximate surface area is 121 Å². The van der Waals surface area contributed by atoms with Crippen molar-refractivity contribution in [1.82, 2.24) is 0 Å². The summed E-state index contributed by atoms with van der Waals surface area (Å²) in [5.41, 5.74) is 1.71. The molecule has 1 aromatic rings. The monoisotopic (exact) mass is 275 g/mol. The molecule has 20 heavy (non-hydrogen) atoms. The summed E-state index contributed by atoms with van der Waals surface area (Å²) in [6.07, 6.45) is 1.81. The predicted molar refractivity (Wildman–Crippen MR) is 81.7 cm³/mol. The van der Waals surface area contributed by atoms with Crippen LogP contribution in [0.25, 0.3) is 0 Å². The highest BCUT2D eigenvalue weighted by atomic mass is 16.5. The van der Waals surface area contributed by atoms with Crippen LogP contribution in [0, 0.1) is 18.3 Å². The van der Waals surface area contributed by atoms with Crippen molar-refractivity contribution in [3.05, 3.63) is 29.8 Å². The van der Waals surface area contributed by atoms with E-state index >= 15 is 0 Å². The third kappa shape index (κ3) is 2.67. The van der Waals surface area contributed by atoms with Gasteiger partial charge in [0.1, 0.15) is 5.54 Å². The van der Waals surface area contributed by atoms with Gasteiger partial charge >= 0.3 is 5.97 Å². The van der Waals surface area contributed by atoms with Crippen LogP contribution in [-0.4, -0.2) is 18.6 Å². The average molecular weight is 275 g/mol. The minimum atomic E-state index is -0.618. The summed E-state index contributed by atoms with van der Waals surface area (Å²) in [6, 6.07) is 8.16. The van der Waals surface area contributed by atoms with E-state index in [4.69, 9.17) is 4.74 Å². The molecule has 2 atom stereocenters. The van der Waals surface area contributed by atoms with Gasteiger partial charge in [-0.3, -0.25) is 0 Å². The second-order valence-electron chi connectivity index (χ2n) is 6.90. The van der Waals surface area contributed by atoms with Crippen LogP contribution in [0.1, 0.15) is 39.2 Å². The van der Waals surface area contributed by atoms with Crippen LogP contribution in [-0.2, 0) is 9.53 Å². The number of methoxy groups -OCH3 is 1. The summed E-state index contributed by atoms with van der Waals surface area (Å²) in [6.45, 7) is 8.62. The molecule has 1 aliphatic rings. The molecule has 3 heteroatoms. The van der Waals surface area contributed by atoms with Crippen molar-refractivity contribution in [2.24, 2.45) is 11.3 Å². The van der Waals surface area contributed by atoms with E-state index in [9.17, 15) is 4.79 Å². The molecule has 0 aliphatic heterocycles. The van der Waals surface area contributed by atoms with Crippen LogP contribution in [0.5, 0.6) is 0 Å². The third-order valence-electron chi connectivity index (χ3n) is 4.43. The Morgan fingerprint density at radius 3 is 2.35 bits per heavy atom. The van der Waals surface area contributed by atoms with Crippen LogP contribution in [0.2, 0.25) is 0 Å². The summed E-state index contributed by atoms with van der Waals surface area (Å²) in [5.74, 6) is 0.0856. The highest BCUT2D eigenvalue weighted by Crippen LogP contribution is 2.49. The number of carbonyl (C=O) groups is 1. The molecular weight excluding hydrogens is 250 g/mol. The Morgan fingerprint density at radius 2 is 1.90 bits per heavy atom. The Balaban J connectivity index is 2.34. The summed E-state index contributed by atoms with van der Waals surface area (Å²) in [4.78, 5) is 12.4. The normalized spacial score (nSPS) is 28.1. The molecule has 2 rings (SSSR count). The van der Waals surface area contributed by atoms with Gasteiger partial charge in [-0.05, 0) is 43.2 Å². The Kier molecular flexibility index (Phi) is 3.81. The van der Waals surface area contributed by atoms with Crippen molar-refractivity contribution in [3.8, 4) is 0 Å². The lowest BCUT2D eigenvalue weighted by Gasteiger charge is -2.33. The number of anilines is 1. The number of hydrogen-bond acceptors (Lipinski definition) is 3. The molecule has 1 aliphatic carbocycles. The quantitative estimate of drug-likeness (QED) is 0.853. The van der Waals surface area contributed by atoms with Gasteiger partial charge in [-0.15, -0.1) is 0 Å². The van der Waals surface area contributed by atoms with E-state index < -0.39 is 5.54 Å². The molecule has 1 saturated carbocycles. The first-order chi connectivity index (χ1) is 9.29. The van der Waals surface area contributed by atoms with Gasteiger partial charge in [-0.2, -0.15) is 0 Å². The number of nitrogens with one attached hydrogen (secondary N) is 1. The third-order valence-corrected chi connectivity index (χ3v) is 4.43. The summed E-state index contributed by atoms with van der Waals surface area (Å²) in [7, 11) is 1.47. The first-order valence-corrected chi connectivity index (χ1v) is 7.22. The fourth-order valence-electron chi connectivity index (χ4n) is 3.57. The fraction of sp³-hybridized carbons (Fsp3) is 0.588. The van der Waals surface area contributed by atoms with Gasteiger partial charge in [-0.1, -0.05) is 38.5 Å². The minimum absolute atomic E-state index is 0.144. The largest absolute Gasteiger partial charge is 0.467 e. The molecule has 0 bridgehead atoms. The number of ether oxygens (including phenoxy) is 1. The Bertz CT molecular complexity index is 492. The standard InChI is InChI=1S/C17H25NO2/c1-12-6-8-14(9-7-12)18-17(15(19)20-5)11-16(3,4)10-13(17)2/h6-9,13,18H,10-11H2,1-5H3. The van der Waals surface area contributed by atoms with Crippen LogP contribution < -0.4 is 5.32 Å². The van der Waals surface area contributed by atoms with Crippen molar-refractivity contribution in [2.45, 2.75) is 46.1 Å². The number of hydrogen-bond donors (Lipinski definition) is 1. The number of carbonyl (C=O) groups excluding carboxylic acids is 1. The van der Waals surface area contributed by atoms with Crippen molar-refractivity contribution in [1.29, 1.82) is 0 Å². The number of rotatable bonds is 3. The van der Waals surface area contributed by atoms with Gasteiger partial charge in [0.15, 0.2) is 0 Å². The lowest BCUT2D eigenvalue weighted by atomic mass is 9.86. The Hall–Kier alpha value is -1.51. The lowest BCUT2D eigenvalue weighted by Crippen LogP contribution is -2.49. The molecule has 0 heterocycles. The SMILES string of the molecule is COC(=O)C1(Nc2ccc(C)cc2)CC(C)(C)CC1C. The van der Waals surface area contributed by atoms with Crippen LogP contribution >= 0.6 is 0 Å². The zero-order chi connectivity index (χ0) is 15.0. The maximum Gasteiger partial charge on any atom is 0.331 e. The van der Waals surface area contributed by atoms with E-state index in [-0.39, 0.29) is 17.3 Å². The highest BCUT2D eigenvalue weighted by molar-refractivity contribution is 5.85. The molecule has 110 valence electrons. The molecule has 1 N–H and O–H groups in total. The molecule has 0 radical (unpaired) electrons. The minimum Gasteiger partial charge on any atom is -0.467 e. The van der Waals surface area contributed by atoms with Gasteiger partial charge in [0.2, 0.25) is 0 Å². The van der Waals surface area contributed by atoms with Crippen LogP contribution in [0.4, 0.5) is 5.69 Å². The van der Waals surface area contributed by atoms with Crippen molar-refractivity contribution >= 4 is 11.7 Å². The average Bonchev–Trinajstić information content (AvgIpc) is 2.61. The molecule has 2 unspecified atom stereocenters. The van der Waals surface area contributed by atoms with Crippen LogP contribution in [0.3, 0.4) is 0 Å². The van der Waals surface area contributed by atoms with E-state index in [2.05, 4.69) is 45.1 Å². The van der Waals surface area contributed by atoms with Gasteiger partial charge in [0.05, 0.1) is 7.11 Å². The second-order valence-corrected chi connectivity index (χ2v) is 6.90. The Morgan fingerprint density at radius 1 is 1.30 bits per heavy atom. The molecular formula is C17H25NO2. The predicted octanol–water partition coefficient (Wildman–Crippen LogP) is 3.77. The second kappa shape index (κ2) is 5.12. The van der Waals surface area contributed by atoms with E-state index in [0.717, 1.165) is 18.5 Å². The zero-order valence-electron chi connectivity index (χ0n) is 13.1. The molecule has 0 spiro atoms. The fourth-order valence-corrected chi connectivity index (χ4v) is 3.57. The van der Waals surface area contributed by atoms with Gasteiger partial charge in [-0.25, -0.2) is 4.79 Å². The highest BCUT2D eigenvalue weighted by Gasteiger charge is 2.54. The van der Waals surface area contributed by atoms with E-state index in [0.29, 0.717) is 0 Å². The maximum atomic E-state index is 12.4. The van der Waals surface area contributed by atoms with Crippen molar-refractivity contribution in [3.63, 3.8) is 0 Å². The smallest absolute Gasteiger partial charge is 0.331 e. The van der Waals surface area contributed by atoms with Crippen LogP contribution in [0.15, 0.2) is 24.3 Å². The zero-order valence-corrected chi connectivity index (χ0v) is 13.1. The van der Waals surface area contributed by atoms with Gasteiger partial charge < -0.3 is 10.1 Å². The molecule has 0 aromatic heterocycles. The van der Waals surface area contributed by atoms with Crippen molar-refractivity contribution in [2.75, 3.05) is 12.4 Å². The van der Waals surface area contributed by atoms with E-state index in [1.54, 1.807) is 0 Å². The maximum absolute atomic E-state index is 12.4. The molecule has 3 nitrogen and oxygen atoms in total. The molecule has 1 fully saturated rings. The summed E-state index contributed by atoms with van der Waals surface area (Å²) in [5, 5.41) is 3.46. The summed E-state index contributed by atoms with van der Waals surface area (Å²) < 4.78 is 5.10. The first-order valence-electron chi connectivity index (χ1n) is 7.22. The topological polar surface area (TPSA) is 38.3 Å². The molecule has 0 amide bonds. The first kappa shape index (κ1) is 14.9. The van der Waals surface area contributed by atoms with E-state index in [1.165, 1.54) is 12.7 Å². The van der Waals surface area contributed by atoms with E-state index in [1.807, 2.05) is 12.1 Å². The van der Waals surface area contributed by atoms with Gasteiger partial charge in [0.25, 0.3) is 0 Å². The van der Waals surface area contributed by atoms with Gasteiger partial charge in [0, 0.05) is 5.69 Å². The number of aryl methyl sites for hydroxylation is 1. The number of benzene rings is 1. The lowest BCUT2D eigenvalue weighted by molar-refractivity contribution is -0.147. The molecule has 1 aromatic carbocycles.